The molecule has 7 aromatic rings. The molecule has 6 aromatic carbocycles. The van der Waals surface area contributed by atoms with Crippen molar-refractivity contribution in [2.24, 2.45) is 0 Å². The van der Waals surface area contributed by atoms with Crippen molar-refractivity contribution >= 4 is 21.5 Å². The first-order valence-electron chi connectivity index (χ1n) is 12.7. The van der Waals surface area contributed by atoms with Gasteiger partial charge >= 0.3 is 0 Å². The van der Waals surface area contributed by atoms with Crippen LogP contribution in [-0.2, 0) is 0 Å². The van der Waals surface area contributed by atoms with Crippen molar-refractivity contribution in [1.29, 1.82) is 0 Å². The summed E-state index contributed by atoms with van der Waals surface area (Å²) in [6, 6.07) is 48.2. The maximum atomic E-state index is 4.92. The average Bonchev–Trinajstić information content (AvgIpc) is 3.01. The van der Waals surface area contributed by atoms with Crippen LogP contribution in [0, 0.1) is 0 Å². The van der Waals surface area contributed by atoms with E-state index in [0.29, 0.717) is 17.5 Å². The summed E-state index contributed by atoms with van der Waals surface area (Å²) in [5.41, 5.74) is 5.21. The van der Waals surface area contributed by atoms with Crippen LogP contribution in [0.15, 0.2) is 140 Å². The predicted octanol–water partition coefficient (Wildman–Crippen LogP) is 8.85. The van der Waals surface area contributed by atoms with Gasteiger partial charge < -0.3 is 0 Å². The summed E-state index contributed by atoms with van der Waals surface area (Å²) in [4.78, 5) is 14.7. The molecule has 0 radical (unpaired) electrons. The highest BCUT2D eigenvalue weighted by Crippen LogP contribution is 2.36. The predicted molar refractivity (Wildman–Crippen MR) is 157 cm³/mol. The van der Waals surface area contributed by atoms with Crippen molar-refractivity contribution in [2.45, 2.75) is 0 Å². The number of fused-ring (bicyclic) bond motifs is 3. The molecule has 0 aliphatic carbocycles. The molecule has 3 nitrogen and oxygen atoms in total. The maximum absolute atomic E-state index is 4.92. The molecule has 3 heteroatoms. The number of nitrogens with zero attached hydrogens (tertiary/aromatic N) is 3. The minimum absolute atomic E-state index is 0.657. The van der Waals surface area contributed by atoms with Crippen molar-refractivity contribution in [3.8, 4) is 45.3 Å². The lowest BCUT2D eigenvalue weighted by molar-refractivity contribution is 1.07. The van der Waals surface area contributed by atoms with E-state index in [9.17, 15) is 0 Å². The van der Waals surface area contributed by atoms with Gasteiger partial charge in [0.1, 0.15) is 0 Å². The molecule has 0 spiro atoms. The molecule has 0 aliphatic rings. The Hall–Kier alpha value is -5.15. The first-order valence-corrected chi connectivity index (χ1v) is 12.7. The van der Waals surface area contributed by atoms with Gasteiger partial charge in [-0.15, -0.1) is 0 Å². The van der Waals surface area contributed by atoms with E-state index in [4.69, 9.17) is 15.0 Å². The van der Waals surface area contributed by atoms with E-state index in [1.54, 1.807) is 0 Å². The molecule has 0 unspecified atom stereocenters. The second-order valence-corrected chi connectivity index (χ2v) is 9.31. The van der Waals surface area contributed by atoms with Gasteiger partial charge in [-0.2, -0.15) is 0 Å². The lowest BCUT2D eigenvalue weighted by Crippen LogP contribution is -2.00. The Kier molecular flexibility index (Phi) is 5.45. The molecule has 0 amide bonds. The smallest absolute Gasteiger partial charge is 0.164 e. The Balaban J connectivity index is 1.42. The fourth-order valence-electron chi connectivity index (χ4n) is 5.06. The molecule has 178 valence electrons. The Morgan fingerprint density at radius 3 is 1.45 bits per heavy atom. The van der Waals surface area contributed by atoms with E-state index in [1.807, 2.05) is 60.7 Å². The van der Waals surface area contributed by atoms with Gasteiger partial charge in [-0.1, -0.05) is 127 Å². The third-order valence-electron chi connectivity index (χ3n) is 6.90. The Morgan fingerprint density at radius 1 is 0.316 bits per heavy atom. The van der Waals surface area contributed by atoms with Crippen molar-refractivity contribution in [3.63, 3.8) is 0 Å². The van der Waals surface area contributed by atoms with Crippen LogP contribution < -0.4 is 0 Å². The SMILES string of the molecule is c1ccc(-c2nc(-c3ccccc3)nc(-c3cccc(-c4cc5ccccc5c5ccccc45)c3)n2)cc1. The summed E-state index contributed by atoms with van der Waals surface area (Å²) < 4.78 is 0. The molecule has 7 rings (SSSR count). The summed E-state index contributed by atoms with van der Waals surface area (Å²) in [6.45, 7) is 0. The van der Waals surface area contributed by atoms with Crippen molar-refractivity contribution in [1.82, 2.24) is 15.0 Å². The summed E-state index contributed by atoms with van der Waals surface area (Å²) in [5.74, 6) is 1.98. The van der Waals surface area contributed by atoms with E-state index in [2.05, 4.69) is 78.9 Å². The highest BCUT2D eigenvalue weighted by Gasteiger charge is 2.14. The summed E-state index contributed by atoms with van der Waals surface area (Å²) in [6.07, 6.45) is 0. The van der Waals surface area contributed by atoms with Gasteiger partial charge in [0.15, 0.2) is 17.5 Å². The third kappa shape index (κ3) is 4.00. The highest BCUT2D eigenvalue weighted by molar-refractivity contribution is 6.13. The van der Waals surface area contributed by atoms with Gasteiger partial charge in [0.25, 0.3) is 0 Å². The fraction of sp³-hybridized carbons (Fsp3) is 0. The van der Waals surface area contributed by atoms with Crippen molar-refractivity contribution in [3.05, 3.63) is 140 Å². The molecular formula is C35H23N3. The van der Waals surface area contributed by atoms with Crippen LogP contribution in [0.5, 0.6) is 0 Å². The highest BCUT2D eigenvalue weighted by atomic mass is 15.0. The Bertz CT molecular complexity index is 1850. The van der Waals surface area contributed by atoms with E-state index >= 15 is 0 Å². The quantitative estimate of drug-likeness (QED) is 0.234. The van der Waals surface area contributed by atoms with Gasteiger partial charge in [-0.25, -0.2) is 15.0 Å². The van der Waals surface area contributed by atoms with Gasteiger partial charge in [0.2, 0.25) is 0 Å². The molecule has 0 saturated heterocycles. The summed E-state index contributed by atoms with van der Waals surface area (Å²) in [7, 11) is 0. The van der Waals surface area contributed by atoms with E-state index in [1.165, 1.54) is 27.1 Å². The molecule has 38 heavy (non-hydrogen) atoms. The molecule has 0 N–H and O–H groups in total. The van der Waals surface area contributed by atoms with Crippen LogP contribution in [0.4, 0.5) is 0 Å². The molecule has 0 aliphatic heterocycles. The van der Waals surface area contributed by atoms with E-state index in [0.717, 1.165) is 22.3 Å². The van der Waals surface area contributed by atoms with Gasteiger partial charge in [0.05, 0.1) is 0 Å². The van der Waals surface area contributed by atoms with Gasteiger partial charge in [-0.3, -0.25) is 0 Å². The topological polar surface area (TPSA) is 38.7 Å². The van der Waals surface area contributed by atoms with Gasteiger partial charge in [0, 0.05) is 16.7 Å². The molecule has 1 aromatic heterocycles. The summed E-state index contributed by atoms with van der Waals surface area (Å²) in [5, 5.41) is 4.97. The monoisotopic (exact) mass is 485 g/mol. The van der Waals surface area contributed by atoms with Crippen LogP contribution in [0.1, 0.15) is 0 Å². The summed E-state index contributed by atoms with van der Waals surface area (Å²) >= 11 is 0. The molecule has 1 heterocycles. The zero-order valence-corrected chi connectivity index (χ0v) is 20.6. The first kappa shape index (κ1) is 22.1. The first-order chi connectivity index (χ1) is 18.8. The average molecular weight is 486 g/mol. The van der Waals surface area contributed by atoms with E-state index in [-0.39, 0.29) is 0 Å². The number of hydrogen-bond donors (Lipinski definition) is 0. The molecular weight excluding hydrogens is 462 g/mol. The third-order valence-corrected chi connectivity index (χ3v) is 6.90. The zero-order valence-electron chi connectivity index (χ0n) is 20.6. The standard InChI is InChI=1S/C35H23N3/c1-3-12-24(13-4-1)33-36-34(25-14-5-2-6-15-25)38-35(37-33)28-18-11-17-26(22-28)32-23-27-16-7-8-19-29(27)30-20-9-10-21-31(30)32/h1-23H. The Morgan fingerprint density at radius 2 is 0.789 bits per heavy atom. The van der Waals surface area contributed by atoms with Crippen LogP contribution in [0.3, 0.4) is 0 Å². The lowest BCUT2D eigenvalue weighted by atomic mass is 9.92. The van der Waals surface area contributed by atoms with Crippen molar-refractivity contribution in [2.75, 3.05) is 0 Å². The molecule has 0 saturated carbocycles. The lowest BCUT2D eigenvalue weighted by Gasteiger charge is -2.12. The van der Waals surface area contributed by atoms with Crippen LogP contribution >= 0.6 is 0 Å². The zero-order chi connectivity index (χ0) is 25.3. The van der Waals surface area contributed by atoms with Crippen molar-refractivity contribution < 1.29 is 0 Å². The molecule has 0 fully saturated rings. The number of benzene rings is 6. The second kappa shape index (κ2) is 9.38. The van der Waals surface area contributed by atoms with Gasteiger partial charge in [-0.05, 0) is 44.8 Å². The van der Waals surface area contributed by atoms with Crippen LogP contribution in [-0.4, -0.2) is 15.0 Å². The second-order valence-electron chi connectivity index (χ2n) is 9.31. The fourth-order valence-corrected chi connectivity index (χ4v) is 5.06. The van der Waals surface area contributed by atoms with Crippen LogP contribution in [0.25, 0.3) is 66.8 Å². The Labute approximate surface area is 221 Å². The van der Waals surface area contributed by atoms with E-state index < -0.39 is 0 Å². The minimum Gasteiger partial charge on any atom is -0.208 e. The molecule has 0 bridgehead atoms. The number of rotatable bonds is 4. The number of hydrogen-bond acceptors (Lipinski definition) is 3. The van der Waals surface area contributed by atoms with Crippen LogP contribution in [0.2, 0.25) is 0 Å². The maximum Gasteiger partial charge on any atom is 0.164 e. The largest absolute Gasteiger partial charge is 0.208 e. The minimum atomic E-state index is 0.657. The number of aromatic nitrogens is 3. The molecule has 0 atom stereocenters. The normalized spacial score (nSPS) is 11.2.